The summed E-state index contributed by atoms with van der Waals surface area (Å²) in [6.45, 7) is 6.71. The number of hydrogen-bond donors (Lipinski definition) is 3. The largest absolute Gasteiger partial charge is 0.487 e. The minimum Gasteiger partial charge on any atom is -0.487 e. The monoisotopic (exact) mass is 500 g/mol. The lowest BCUT2D eigenvalue weighted by atomic mass is 9.88. The first-order valence-corrected chi connectivity index (χ1v) is 13.4. The van der Waals surface area contributed by atoms with Gasteiger partial charge in [-0.2, -0.15) is 0 Å². The molecule has 0 saturated carbocycles. The minimum atomic E-state index is -0.746. The SMILES string of the molecule is CCc1ccc2c(c1)[C@@H](NC[C@@H](O)[C@H](Cc1ccccc1)NC(=O)CCc1ccccc1)CC(C)(C)O2. The number of aliphatic hydroxyl groups excluding tert-OH is 1. The summed E-state index contributed by atoms with van der Waals surface area (Å²) in [5.41, 5.74) is 4.31. The van der Waals surface area contributed by atoms with E-state index in [1.165, 1.54) is 5.56 Å². The van der Waals surface area contributed by atoms with Gasteiger partial charge in [-0.15, -0.1) is 0 Å². The van der Waals surface area contributed by atoms with Gasteiger partial charge in [0.1, 0.15) is 11.4 Å². The summed E-state index contributed by atoms with van der Waals surface area (Å²) < 4.78 is 6.24. The number of amides is 1. The molecule has 3 aromatic rings. The van der Waals surface area contributed by atoms with Crippen LogP contribution >= 0.6 is 0 Å². The Morgan fingerprint density at radius 3 is 2.35 bits per heavy atom. The molecule has 5 nitrogen and oxygen atoms in total. The Labute approximate surface area is 221 Å². The Kier molecular flexibility index (Phi) is 9.01. The predicted molar refractivity (Wildman–Crippen MR) is 149 cm³/mol. The molecule has 1 aliphatic heterocycles. The van der Waals surface area contributed by atoms with E-state index in [4.69, 9.17) is 4.74 Å². The molecule has 5 heteroatoms. The van der Waals surface area contributed by atoms with Crippen molar-refractivity contribution >= 4 is 5.91 Å². The quantitative estimate of drug-likeness (QED) is 0.340. The zero-order chi connectivity index (χ0) is 26.3. The van der Waals surface area contributed by atoms with Gasteiger partial charge in [0.25, 0.3) is 0 Å². The van der Waals surface area contributed by atoms with Crippen LogP contribution in [0.5, 0.6) is 5.75 Å². The van der Waals surface area contributed by atoms with E-state index in [1.807, 2.05) is 60.7 Å². The van der Waals surface area contributed by atoms with Crippen molar-refractivity contribution in [1.29, 1.82) is 0 Å². The third kappa shape index (κ3) is 7.67. The van der Waals surface area contributed by atoms with Crippen LogP contribution in [0.25, 0.3) is 0 Å². The van der Waals surface area contributed by atoms with Gasteiger partial charge in [0.2, 0.25) is 5.91 Å². The van der Waals surface area contributed by atoms with Gasteiger partial charge in [-0.25, -0.2) is 0 Å². The van der Waals surface area contributed by atoms with Gasteiger partial charge in [0, 0.05) is 31.0 Å². The molecule has 196 valence electrons. The van der Waals surface area contributed by atoms with Crippen molar-refractivity contribution in [3.05, 3.63) is 101 Å². The highest BCUT2D eigenvalue weighted by Crippen LogP contribution is 2.40. The molecule has 3 aromatic carbocycles. The molecule has 4 rings (SSSR count). The normalized spacial score (nSPS) is 17.8. The van der Waals surface area contributed by atoms with Crippen molar-refractivity contribution < 1.29 is 14.6 Å². The molecule has 0 unspecified atom stereocenters. The van der Waals surface area contributed by atoms with Gasteiger partial charge in [-0.3, -0.25) is 4.79 Å². The number of aliphatic hydroxyl groups is 1. The molecule has 1 amide bonds. The van der Waals surface area contributed by atoms with Crippen LogP contribution in [0, 0.1) is 0 Å². The number of ether oxygens (including phenoxy) is 1. The van der Waals surface area contributed by atoms with Crippen LogP contribution in [0.3, 0.4) is 0 Å². The van der Waals surface area contributed by atoms with Crippen LogP contribution in [0.15, 0.2) is 78.9 Å². The van der Waals surface area contributed by atoms with Crippen molar-refractivity contribution in [2.45, 2.75) is 76.7 Å². The van der Waals surface area contributed by atoms with Crippen LogP contribution in [0.2, 0.25) is 0 Å². The van der Waals surface area contributed by atoms with E-state index in [-0.39, 0.29) is 17.6 Å². The predicted octanol–water partition coefficient (Wildman–Crippen LogP) is 5.16. The highest BCUT2D eigenvalue weighted by molar-refractivity contribution is 5.76. The first kappa shape index (κ1) is 26.9. The molecule has 37 heavy (non-hydrogen) atoms. The number of carbonyl (C=O) groups excluding carboxylic acids is 1. The smallest absolute Gasteiger partial charge is 0.220 e. The van der Waals surface area contributed by atoms with Crippen LogP contribution in [-0.4, -0.2) is 35.3 Å². The van der Waals surface area contributed by atoms with Crippen molar-refractivity contribution in [3.8, 4) is 5.75 Å². The van der Waals surface area contributed by atoms with E-state index < -0.39 is 12.1 Å². The van der Waals surface area contributed by atoms with E-state index >= 15 is 0 Å². The lowest BCUT2D eigenvalue weighted by Crippen LogP contribution is -2.50. The molecule has 0 spiro atoms. The average Bonchev–Trinajstić information content (AvgIpc) is 2.90. The zero-order valence-electron chi connectivity index (χ0n) is 22.2. The minimum absolute atomic E-state index is 0.0473. The van der Waals surface area contributed by atoms with Crippen molar-refractivity contribution in [2.24, 2.45) is 0 Å². The fraction of sp³-hybridized carbons (Fsp3) is 0.406. The van der Waals surface area contributed by atoms with E-state index in [1.54, 1.807) is 0 Å². The molecule has 1 aliphatic rings. The van der Waals surface area contributed by atoms with Gasteiger partial charge in [0.15, 0.2) is 0 Å². The molecule has 0 radical (unpaired) electrons. The highest BCUT2D eigenvalue weighted by Gasteiger charge is 2.34. The molecule has 1 heterocycles. The second kappa shape index (κ2) is 12.4. The summed E-state index contributed by atoms with van der Waals surface area (Å²) in [6.07, 6.45) is 2.64. The summed E-state index contributed by atoms with van der Waals surface area (Å²) in [5, 5.41) is 18.0. The second-order valence-electron chi connectivity index (χ2n) is 10.7. The summed E-state index contributed by atoms with van der Waals surface area (Å²) in [6, 6.07) is 26.1. The fourth-order valence-electron chi connectivity index (χ4n) is 5.04. The summed E-state index contributed by atoms with van der Waals surface area (Å²) >= 11 is 0. The lowest BCUT2D eigenvalue weighted by Gasteiger charge is -2.39. The summed E-state index contributed by atoms with van der Waals surface area (Å²) in [7, 11) is 0. The number of fused-ring (bicyclic) bond motifs is 1. The highest BCUT2D eigenvalue weighted by atomic mass is 16.5. The number of hydrogen-bond acceptors (Lipinski definition) is 4. The lowest BCUT2D eigenvalue weighted by molar-refractivity contribution is -0.122. The maximum Gasteiger partial charge on any atom is 0.220 e. The molecule has 3 N–H and O–H groups in total. The number of aryl methyl sites for hydroxylation is 2. The van der Waals surface area contributed by atoms with Crippen LogP contribution < -0.4 is 15.4 Å². The third-order valence-corrected chi connectivity index (χ3v) is 7.11. The molecule has 0 bridgehead atoms. The van der Waals surface area contributed by atoms with Crippen LogP contribution in [-0.2, 0) is 24.1 Å². The Balaban J connectivity index is 1.44. The number of benzene rings is 3. The topological polar surface area (TPSA) is 70.6 Å². The van der Waals surface area contributed by atoms with E-state index in [0.717, 1.165) is 35.3 Å². The van der Waals surface area contributed by atoms with Crippen LogP contribution in [0.1, 0.15) is 61.9 Å². The standard InChI is InChI=1S/C32H40N2O3/c1-4-23-15-17-30-26(19-23)28(21-32(2,3)37-30)33-22-29(35)27(20-25-13-9-6-10-14-25)34-31(36)18-16-24-11-7-5-8-12-24/h5-15,17,19,27-29,33,35H,4,16,18,20-22H2,1-3H3,(H,34,36)/t27-,28-,29+/m0/s1. The number of carbonyl (C=O) groups is 1. The zero-order valence-corrected chi connectivity index (χ0v) is 22.2. The number of nitrogens with one attached hydrogen (secondary N) is 2. The molecule has 0 saturated heterocycles. The molecule has 0 aliphatic carbocycles. The van der Waals surface area contributed by atoms with Crippen molar-refractivity contribution in [3.63, 3.8) is 0 Å². The number of rotatable bonds is 11. The molecule has 0 fully saturated rings. The summed E-state index contributed by atoms with van der Waals surface area (Å²) in [4.78, 5) is 12.9. The van der Waals surface area contributed by atoms with Gasteiger partial charge in [-0.05, 0) is 55.9 Å². The van der Waals surface area contributed by atoms with Crippen LogP contribution in [0.4, 0.5) is 0 Å². The van der Waals surface area contributed by atoms with E-state index in [0.29, 0.717) is 25.8 Å². The Hall–Kier alpha value is -3.15. The fourth-order valence-corrected chi connectivity index (χ4v) is 5.04. The Bertz CT molecular complexity index is 1150. The van der Waals surface area contributed by atoms with E-state index in [9.17, 15) is 9.90 Å². The molecule has 3 atom stereocenters. The molecular formula is C32H40N2O3. The maximum atomic E-state index is 12.9. The Morgan fingerprint density at radius 1 is 1.00 bits per heavy atom. The first-order valence-electron chi connectivity index (χ1n) is 13.4. The van der Waals surface area contributed by atoms with Gasteiger partial charge >= 0.3 is 0 Å². The average molecular weight is 501 g/mol. The van der Waals surface area contributed by atoms with Gasteiger partial charge in [0.05, 0.1) is 12.1 Å². The first-order chi connectivity index (χ1) is 17.8. The Morgan fingerprint density at radius 2 is 1.68 bits per heavy atom. The van der Waals surface area contributed by atoms with E-state index in [2.05, 4.69) is 49.6 Å². The van der Waals surface area contributed by atoms with Gasteiger partial charge < -0.3 is 20.5 Å². The second-order valence-corrected chi connectivity index (χ2v) is 10.7. The maximum absolute atomic E-state index is 12.9. The summed E-state index contributed by atoms with van der Waals surface area (Å²) in [5.74, 6) is 0.851. The third-order valence-electron chi connectivity index (χ3n) is 7.11. The van der Waals surface area contributed by atoms with Crippen molar-refractivity contribution in [2.75, 3.05) is 6.54 Å². The molecular weight excluding hydrogens is 460 g/mol. The molecule has 0 aromatic heterocycles. The van der Waals surface area contributed by atoms with Gasteiger partial charge in [-0.1, -0.05) is 79.7 Å². The van der Waals surface area contributed by atoms with Crippen molar-refractivity contribution in [1.82, 2.24) is 10.6 Å².